The molecule has 0 saturated carbocycles. The van der Waals surface area contributed by atoms with E-state index < -0.39 is 0 Å². The molecule has 0 aliphatic rings. The van der Waals surface area contributed by atoms with Crippen LogP contribution in [0, 0.1) is 5.41 Å². The third kappa shape index (κ3) is 3.97. The van der Waals surface area contributed by atoms with Crippen molar-refractivity contribution in [1.82, 2.24) is 28.7 Å². The van der Waals surface area contributed by atoms with E-state index in [1.54, 1.807) is 15.4 Å². The number of benzene rings is 1. The molecule has 0 aliphatic heterocycles. The van der Waals surface area contributed by atoms with Crippen LogP contribution < -0.4 is 11.2 Å². The maximum Gasteiger partial charge on any atom is 0.332 e. The van der Waals surface area contributed by atoms with Crippen molar-refractivity contribution in [3.05, 3.63) is 69.1 Å². The van der Waals surface area contributed by atoms with Gasteiger partial charge in [0, 0.05) is 26.0 Å². The van der Waals surface area contributed by atoms with Crippen molar-refractivity contribution in [2.45, 2.75) is 38.9 Å². The SMILES string of the molecule is CSc1c2c(=O)n(C)c(=O)n(CC(C)(C)C)c2nn1Cc1ccc(-n2cccn2)cc1. The molecule has 0 saturated heterocycles. The highest BCUT2D eigenvalue weighted by Crippen LogP contribution is 2.26. The minimum absolute atomic E-state index is 0.139. The molecule has 3 aromatic heterocycles. The Morgan fingerprint density at radius 1 is 1.10 bits per heavy atom. The molecule has 0 atom stereocenters. The second-order valence-corrected chi connectivity index (χ2v) is 9.57. The first kappa shape index (κ1) is 21.2. The van der Waals surface area contributed by atoms with E-state index in [-0.39, 0.29) is 16.7 Å². The molecule has 162 valence electrons. The Morgan fingerprint density at radius 3 is 2.39 bits per heavy atom. The third-order valence-electron chi connectivity index (χ3n) is 5.04. The summed E-state index contributed by atoms with van der Waals surface area (Å²) < 4.78 is 6.42. The Kier molecular flexibility index (Phi) is 5.38. The molecule has 0 aliphatic carbocycles. The van der Waals surface area contributed by atoms with Crippen LogP contribution in [0.5, 0.6) is 0 Å². The normalized spacial score (nSPS) is 12.0. The largest absolute Gasteiger partial charge is 0.332 e. The van der Waals surface area contributed by atoms with Gasteiger partial charge in [0.25, 0.3) is 5.56 Å². The van der Waals surface area contributed by atoms with Gasteiger partial charge in [-0.1, -0.05) is 32.9 Å². The fraction of sp³-hybridized carbons (Fsp3) is 0.364. The van der Waals surface area contributed by atoms with Gasteiger partial charge in [-0.25, -0.2) is 9.48 Å². The van der Waals surface area contributed by atoms with E-state index in [0.717, 1.165) is 16.3 Å². The van der Waals surface area contributed by atoms with Gasteiger partial charge in [0.05, 0.1) is 12.2 Å². The molecule has 8 nitrogen and oxygen atoms in total. The first-order chi connectivity index (χ1) is 14.7. The highest BCUT2D eigenvalue weighted by atomic mass is 32.2. The molecule has 0 bridgehead atoms. The van der Waals surface area contributed by atoms with Crippen LogP contribution in [0.4, 0.5) is 0 Å². The van der Waals surface area contributed by atoms with Crippen LogP contribution in [0.15, 0.2) is 57.3 Å². The van der Waals surface area contributed by atoms with Crippen molar-refractivity contribution in [3.63, 3.8) is 0 Å². The van der Waals surface area contributed by atoms with Crippen LogP contribution in [-0.4, -0.2) is 35.0 Å². The number of hydrogen-bond donors (Lipinski definition) is 0. The Hall–Kier alpha value is -3.07. The zero-order valence-electron chi connectivity index (χ0n) is 18.4. The summed E-state index contributed by atoms with van der Waals surface area (Å²) in [4.78, 5) is 25.8. The van der Waals surface area contributed by atoms with E-state index in [9.17, 15) is 9.59 Å². The van der Waals surface area contributed by atoms with Gasteiger partial charge in [-0.2, -0.15) is 10.2 Å². The molecule has 3 heterocycles. The van der Waals surface area contributed by atoms with E-state index in [1.165, 1.54) is 23.4 Å². The maximum absolute atomic E-state index is 13.0. The number of thioether (sulfide) groups is 1. The van der Waals surface area contributed by atoms with Crippen molar-refractivity contribution in [3.8, 4) is 5.69 Å². The molecule has 9 heteroatoms. The predicted octanol–water partition coefficient (Wildman–Crippen LogP) is 2.90. The Morgan fingerprint density at radius 2 is 1.81 bits per heavy atom. The highest BCUT2D eigenvalue weighted by Gasteiger charge is 2.23. The molecule has 0 spiro atoms. The second-order valence-electron chi connectivity index (χ2n) is 8.78. The molecular formula is C22H26N6O2S. The monoisotopic (exact) mass is 438 g/mol. The lowest BCUT2D eigenvalue weighted by Crippen LogP contribution is -2.40. The molecule has 0 radical (unpaired) electrons. The standard InChI is InChI=1S/C22H26N6O2S/c1-22(2,3)14-26-18-17(19(29)25(4)21(26)30)20(31-5)28(24-18)13-15-7-9-16(10-8-15)27-12-6-11-23-27/h6-12H,13-14H2,1-5H3. The van der Waals surface area contributed by atoms with Crippen molar-refractivity contribution in [1.29, 1.82) is 0 Å². The van der Waals surface area contributed by atoms with Gasteiger partial charge in [-0.05, 0) is 35.4 Å². The predicted molar refractivity (Wildman–Crippen MR) is 123 cm³/mol. The first-order valence-electron chi connectivity index (χ1n) is 10.0. The molecule has 0 fully saturated rings. The van der Waals surface area contributed by atoms with Crippen molar-refractivity contribution in [2.24, 2.45) is 12.5 Å². The van der Waals surface area contributed by atoms with Gasteiger partial charge < -0.3 is 0 Å². The molecule has 31 heavy (non-hydrogen) atoms. The fourth-order valence-corrected chi connectivity index (χ4v) is 4.32. The summed E-state index contributed by atoms with van der Waals surface area (Å²) in [6, 6.07) is 9.92. The average molecular weight is 439 g/mol. The summed E-state index contributed by atoms with van der Waals surface area (Å²) in [6.07, 6.45) is 5.56. The van der Waals surface area contributed by atoms with Gasteiger partial charge in [0.15, 0.2) is 5.65 Å². The van der Waals surface area contributed by atoms with E-state index in [4.69, 9.17) is 5.10 Å². The Balaban J connectivity index is 1.81. The zero-order chi connectivity index (χ0) is 22.3. The van der Waals surface area contributed by atoms with Crippen LogP contribution in [0.1, 0.15) is 26.3 Å². The number of fused-ring (bicyclic) bond motifs is 1. The third-order valence-corrected chi connectivity index (χ3v) is 5.84. The number of hydrogen-bond acceptors (Lipinski definition) is 5. The van der Waals surface area contributed by atoms with Crippen molar-refractivity contribution >= 4 is 22.8 Å². The minimum atomic E-state index is -0.340. The lowest BCUT2D eigenvalue weighted by Gasteiger charge is -2.20. The first-order valence-corrected chi connectivity index (χ1v) is 11.3. The molecule has 0 unspecified atom stereocenters. The summed E-state index contributed by atoms with van der Waals surface area (Å²) >= 11 is 1.47. The fourth-order valence-electron chi connectivity index (χ4n) is 3.62. The quantitative estimate of drug-likeness (QED) is 0.448. The van der Waals surface area contributed by atoms with Crippen LogP contribution in [0.25, 0.3) is 16.7 Å². The minimum Gasteiger partial charge on any atom is -0.275 e. The van der Waals surface area contributed by atoms with Gasteiger partial charge in [-0.3, -0.25) is 18.6 Å². The summed E-state index contributed by atoms with van der Waals surface area (Å²) in [5, 5.41) is 10.2. The summed E-state index contributed by atoms with van der Waals surface area (Å²) in [6.45, 7) is 7.15. The molecule has 0 N–H and O–H groups in total. The molecule has 0 amide bonds. The molecule has 4 rings (SSSR count). The second kappa shape index (κ2) is 7.88. The van der Waals surface area contributed by atoms with E-state index in [1.807, 2.05) is 47.5 Å². The number of rotatable bonds is 5. The van der Waals surface area contributed by atoms with Gasteiger partial charge in [0.2, 0.25) is 0 Å². The smallest absolute Gasteiger partial charge is 0.275 e. The maximum atomic E-state index is 13.0. The summed E-state index contributed by atoms with van der Waals surface area (Å²) in [7, 11) is 1.53. The number of aromatic nitrogens is 6. The van der Waals surface area contributed by atoms with Gasteiger partial charge in [-0.15, -0.1) is 11.8 Å². The molecular weight excluding hydrogens is 412 g/mol. The lowest BCUT2D eigenvalue weighted by atomic mass is 9.97. The molecule has 1 aromatic carbocycles. The van der Waals surface area contributed by atoms with Crippen LogP contribution in [-0.2, 0) is 20.1 Å². The van der Waals surface area contributed by atoms with Crippen molar-refractivity contribution < 1.29 is 0 Å². The topological polar surface area (TPSA) is 79.6 Å². The van der Waals surface area contributed by atoms with Gasteiger partial charge in [0.1, 0.15) is 10.4 Å². The Labute approximate surface area is 184 Å². The lowest BCUT2D eigenvalue weighted by molar-refractivity contribution is 0.337. The average Bonchev–Trinajstić information content (AvgIpc) is 3.37. The summed E-state index contributed by atoms with van der Waals surface area (Å²) in [5.74, 6) is 0. The molecule has 4 aromatic rings. The van der Waals surface area contributed by atoms with E-state index in [0.29, 0.717) is 24.1 Å². The number of nitrogens with zero attached hydrogens (tertiary/aromatic N) is 6. The van der Waals surface area contributed by atoms with Gasteiger partial charge >= 0.3 is 5.69 Å². The van der Waals surface area contributed by atoms with E-state index >= 15 is 0 Å². The Bertz CT molecular complexity index is 1340. The zero-order valence-corrected chi connectivity index (χ0v) is 19.2. The summed E-state index contributed by atoms with van der Waals surface area (Å²) in [5.41, 5.74) is 1.67. The van der Waals surface area contributed by atoms with Crippen LogP contribution in [0.3, 0.4) is 0 Å². The van der Waals surface area contributed by atoms with Crippen LogP contribution in [0.2, 0.25) is 0 Å². The highest BCUT2D eigenvalue weighted by molar-refractivity contribution is 7.98. The van der Waals surface area contributed by atoms with E-state index in [2.05, 4.69) is 25.9 Å². The van der Waals surface area contributed by atoms with Crippen molar-refractivity contribution in [2.75, 3.05) is 6.26 Å². The van der Waals surface area contributed by atoms with Crippen LogP contribution >= 0.6 is 11.8 Å².